The van der Waals surface area contributed by atoms with Crippen molar-refractivity contribution in [1.29, 1.82) is 0 Å². The average Bonchev–Trinajstić information content (AvgIpc) is 3.24. The van der Waals surface area contributed by atoms with Crippen LogP contribution >= 0.6 is 0 Å². The fourth-order valence-electron chi connectivity index (χ4n) is 3.43. The number of H-pyrrole nitrogens is 1. The van der Waals surface area contributed by atoms with Crippen molar-refractivity contribution in [1.82, 2.24) is 20.3 Å². The molecule has 0 aliphatic rings. The highest BCUT2D eigenvalue weighted by molar-refractivity contribution is 7.91. The van der Waals surface area contributed by atoms with Crippen LogP contribution in [-0.2, 0) is 29.0 Å². The molecule has 0 unspecified atom stereocenters. The van der Waals surface area contributed by atoms with Gasteiger partial charge in [0, 0.05) is 19.2 Å². The summed E-state index contributed by atoms with van der Waals surface area (Å²) in [5.41, 5.74) is 1.87. The predicted octanol–water partition coefficient (Wildman–Crippen LogP) is 4.29. The van der Waals surface area contributed by atoms with Gasteiger partial charge in [0.05, 0.1) is 27.3 Å². The highest BCUT2D eigenvalue weighted by atomic mass is 32.2. The lowest BCUT2D eigenvalue weighted by Gasteiger charge is -2.07. The molecule has 2 aromatic carbocycles. The normalized spacial score (nSPS) is 12.1. The number of aromatic nitrogens is 3. The molecule has 0 bridgehead atoms. The minimum absolute atomic E-state index is 0.0121. The molecule has 11 heteroatoms. The molecule has 35 heavy (non-hydrogen) atoms. The molecule has 4 rings (SSSR count). The summed E-state index contributed by atoms with van der Waals surface area (Å²) in [5, 5.41) is 2.76. The van der Waals surface area contributed by atoms with Crippen molar-refractivity contribution in [3.05, 3.63) is 88.9 Å². The molecule has 0 radical (unpaired) electrons. The lowest BCUT2D eigenvalue weighted by Crippen LogP contribution is -2.23. The molecule has 0 saturated heterocycles. The van der Waals surface area contributed by atoms with Crippen LogP contribution in [0.25, 0.3) is 11.2 Å². The van der Waals surface area contributed by atoms with Gasteiger partial charge in [-0.3, -0.25) is 4.79 Å². The van der Waals surface area contributed by atoms with Crippen LogP contribution in [0.4, 0.5) is 13.2 Å². The van der Waals surface area contributed by atoms with E-state index in [2.05, 4.69) is 20.3 Å². The Morgan fingerprint density at radius 3 is 2.31 bits per heavy atom. The molecule has 4 aromatic rings. The van der Waals surface area contributed by atoms with Gasteiger partial charge in [-0.2, -0.15) is 13.2 Å². The highest BCUT2D eigenvalue weighted by Gasteiger charge is 2.29. The van der Waals surface area contributed by atoms with Crippen molar-refractivity contribution in [2.75, 3.05) is 5.75 Å². The Morgan fingerprint density at radius 1 is 1.03 bits per heavy atom. The fraction of sp³-hybridized carbons (Fsp3) is 0.208. The molecule has 0 fully saturated rings. The summed E-state index contributed by atoms with van der Waals surface area (Å²) in [6, 6.07) is 12.7. The van der Waals surface area contributed by atoms with Crippen molar-refractivity contribution in [2.24, 2.45) is 0 Å². The molecular formula is C24H21F3N4O3S. The van der Waals surface area contributed by atoms with Gasteiger partial charge in [0.2, 0.25) is 0 Å². The van der Waals surface area contributed by atoms with Crippen LogP contribution in [0.5, 0.6) is 0 Å². The summed E-state index contributed by atoms with van der Waals surface area (Å²) in [7, 11) is -3.29. The Morgan fingerprint density at radius 2 is 1.69 bits per heavy atom. The second-order valence-corrected chi connectivity index (χ2v) is 10.2. The maximum Gasteiger partial charge on any atom is 0.416 e. The number of imidazole rings is 1. The van der Waals surface area contributed by atoms with Crippen molar-refractivity contribution in [2.45, 2.75) is 31.0 Å². The number of hydrogen-bond acceptors (Lipinski definition) is 5. The predicted molar refractivity (Wildman–Crippen MR) is 123 cm³/mol. The van der Waals surface area contributed by atoms with E-state index in [1.54, 1.807) is 25.1 Å². The molecular weight excluding hydrogens is 481 g/mol. The minimum atomic E-state index is -4.39. The summed E-state index contributed by atoms with van der Waals surface area (Å²) in [4.78, 5) is 24.4. The van der Waals surface area contributed by atoms with Gasteiger partial charge >= 0.3 is 6.18 Å². The van der Waals surface area contributed by atoms with Crippen molar-refractivity contribution in [3.63, 3.8) is 0 Å². The molecule has 7 nitrogen and oxygen atoms in total. The third kappa shape index (κ3) is 5.68. The summed E-state index contributed by atoms with van der Waals surface area (Å²) in [6.07, 6.45) is -2.73. The Kier molecular flexibility index (Phi) is 6.62. The first kappa shape index (κ1) is 24.4. The Balaban J connectivity index is 1.41. The largest absolute Gasteiger partial charge is 0.416 e. The lowest BCUT2D eigenvalue weighted by atomic mass is 10.1. The number of nitrogens with zero attached hydrogens (tertiary/aromatic N) is 2. The van der Waals surface area contributed by atoms with Gasteiger partial charge in [-0.05, 0) is 41.5 Å². The van der Waals surface area contributed by atoms with Gasteiger partial charge in [-0.15, -0.1) is 0 Å². The summed E-state index contributed by atoms with van der Waals surface area (Å²) < 4.78 is 62.0. The average molecular weight is 503 g/mol. The zero-order valence-electron chi connectivity index (χ0n) is 18.6. The number of pyridine rings is 1. The van der Waals surface area contributed by atoms with E-state index in [4.69, 9.17) is 0 Å². The van der Waals surface area contributed by atoms with Crippen molar-refractivity contribution >= 4 is 26.9 Å². The maximum atomic E-state index is 12.7. The van der Waals surface area contributed by atoms with Gasteiger partial charge in [-0.1, -0.05) is 31.2 Å². The van der Waals surface area contributed by atoms with Crippen LogP contribution in [-0.4, -0.2) is 35.0 Å². The van der Waals surface area contributed by atoms with Crippen LogP contribution in [0.2, 0.25) is 0 Å². The Labute approximate surface area is 199 Å². The van der Waals surface area contributed by atoms with Crippen LogP contribution in [0.15, 0.2) is 65.7 Å². The zero-order valence-corrected chi connectivity index (χ0v) is 19.4. The molecule has 0 aliphatic heterocycles. The first-order chi connectivity index (χ1) is 16.5. The number of hydrogen-bond donors (Lipinski definition) is 2. The van der Waals surface area contributed by atoms with E-state index in [1.165, 1.54) is 30.5 Å². The number of nitrogens with one attached hydrogen (secondary N) is 2. The Bertz CT molecular complexity index is 1460. The fourth-order valence-corrected chi connectivity index (χ4v) is 4.31. The monoisotopic (exact) mass is 502 g/mol. The van der Waals surface area contributed by atoms with E-state index in [0.717, 1.165) is 17.7 Å². The van der Waals surface area contributed by atoms with E-state index in [-0.39, 0.29) is 29.5 Å². The van der Waals surface area contributed by atoms with E-state index in [0.29, 0.717) is 28.1 Å². The number of amides is 1. The van der Waals surface area contributed by atoms with Crippen molar-refractivity contribution in [3.8, 4) is 0 Å². The van der Waals surface area contributed by atoms with Crippen LogP contribution < -0.4 is 5.32 Å². The summed E-state index contributed by atoms with van der Waals surface area (Å²) in [5.74, 6) is 0.147. The van der Waals surface area contributed by atoms with Gasteiger partial charge in [0.25, 0.3) is 5.91 Å². The van der Waals surface area contributed by atoms with Crippen molar-refractivity contribution < 1.29 is 26.4 Å². The van der Waals surface area contributed by atoms with E-state index >= 15 is 0 Å². The quantitative estimate of drug-likeness (QED) is 0.392. The highest BCUT2D eigenvalue weighted by Crippen LogP contribution is 2.29. The number of halogens is 3. The number of benzene rings is 2. The second-order valence-electron chi connectivity index (χ2n) is 7.88. The number of sulfone groups is 1. The topological polar surface area (TPSA) is 105 Å². The molecule has 2 heterocycles. The minimum Gasteiger partial charge on any atom is -0.348 e. The molecule has 2 N–H and O–H groups in total. The number of carbonyl (C=O) groups is 1. The van der Waals surface area contributed by atoms with E-state index in [9.17, 15) is 26.4 Å². The SMILES string of the molecule is CCS(=O)(=O)c1ccc(CNC(=O)c2cnc3nc(Cc4ccc(C(F)(F)F)cc4)[nH]c3c2)cc1. The number of aromatic amines is 1. The maximum absolute atomic E-state index is 12.7. The second kappa shape index (κ2) is 9.49. The lowest BCUT2D eigenvalue weighted by molar-refractivity contribution is -0.137. The molecule has 0 aliphatic carbocycles. The van der Waals surface area contributed by atoms with Crippen LogP contribution in [0.3, 0.4) is 0 Å². The zero-order chi connectivity index (χ0) is 25.2. The molecule has 2 aromatic heterocycles. The van der Waals surface area contributed by atoms with E-state index < -0.39 is 21.6 Å². The number of alkyl halides is 3. The third-order valence-corrected chi connectivity index (χ3v) is 7.17. The summed E-state index contributed by atoms with van der Waals surface area (Å²) in [6.45, 7) is 1.77. The summed E-state index contributed by atoms with van der Waals surface area (Å²) >= 11 is 0. The van der Waals surface area contributed by atoms with Crippen LogP contribution in [0, 0.1) is 0 Å². The Hall–Kier alpha value is -3.73. The molecule has 0 saturated carbocycles. The molecule has 0 spiro atoms. The van der Waals surface area contributed by atoms with E-state index in [1.807, 2.05) is 0 Å². The third-order valence-electron chi connectivity index (χ3n) is 5.42. The van der Waals surface area contributed by atoms with Gasteiger partial charge in [-0.25, -0.2) is 18.4 Å². The van der Waals surface area contributed by atoms with Gasteiger partial charge in [0.15, 0.2) is 15.5 Å². The number of carbonyl (C=O) groups excluding carboxylic acids is 1. The molecule has 0 atom stereocenters. The van der Waals surface area contributed by atoms with Crippen LogP contribution in [0.1, 0.15) is 39.8 Å². The first-order valence-electron chi connectivity index (χ1n) is 10.7. The standard InChI is InChI=1S/C24H21F3N4O3S/c1-2-35(33,34)19-9-5-16(6-10-19)13-29-23(32)17-12-20-22(28-14-17)31-21(30-20)11-15-3-7-18(8-4-15)24(25,26)27/h3-10,12,14H,2,11,13H2,1H3,(H,29,32)(H,28,30,31). The van der Waals surface area contributed by atoms with Gasteiger partial charge in [0.1, 0.15) is 5.82 Å². The smallest absolute Gasteiger partial charge is 0.348 e. The number of fused-ring (bicyclic) bond motifs is 1. The first-order valence-corrected chi connectivity index (χ1v) is 12.3. The van der Waals surface area contributed by atoms with Gasteiger partial charge < -0.3 is 10.3 Å². The number of rotatable bonds is 7. The molecule has 182 valence electrons. The molecule has 1 amide bonds.